The van der Waals surface area contributed by atoms with Crippen molar-refractivity contribution in [3.8, 4) is 5.75 Å². The van der Waals surface area contributed by atoms with Crippen LogP contribution in [0.5, 0.6) is 5.75 Å². The number of nitrogens with zero attached hydrogens (tertiary/aromatic N) is 2. The third kappa shape index (κ3) is 6.80. The fourth-order valence-corrected chi connectivity index (χ4v) is 3.15. The monoisotopic (exact) mass is 502 g/mol. The Bertz CT molecular complexity index is 1280. The number of hydrogen-bond acceptors (Lipinski definition) is 7. The molecule has 0 aliphatic heterocycles. The van der Waals surface area contributed by atoms with E-state index in [1.54, 1.807) is 51.1 Å². The van der Waals surface area contributed by atoms with E-state index in [1.807, 2.05) is 0 Å². The zero-order chi connectivity index (χ0) is 25.5. The minimum atomic E-state index is -1.13. The minimum Gasteiger partial charge on any atom is -0.488 e. The summed E-state index contributed by atoms with van der Waals surface area (Å²) < 4.78 is 25.8. The molecule has 11 heteroatoms. The smallest absolute Gasteiger partial charge is 0.397 e. The molecule has 1 heterocycles. The lowest BCUT2D eigenvalue weighted by molar-refractivity contribution is -0.152. The Morgan fingerprint density at radius 3 is 2.51 bits per heavy atom. The van der Waals surface area contributed by atoms with Crippen LogP contribution in [0.2, 0.25) is 5.02 Å². The van der Waals surface area contributed by atoms with Crippen LogP contribution in [0, 0.1) is 5.82 Å². The van der Waals surface area contributed by atoms with Crippen molar-refractivity contribution in [2.45, 2.75) is 33.4 Å². The highest BCUT2D eigenvalue weighted by Gasteiger charge is 2.19. The van der Waals surface area contributed by atoms with Gasteiger partial charge in [-0.1, -0.05) is 23.7 Å². The number of anilines is 3. The molecule has 1 amide bonds. The first kappa shape index (κ1) is 25.7. The molecule has 0 bridgehead atoms. The van der Waals surface area contributed by atoms with Crippen LogP contribution in [-0.4, -0.2) is 34.1 Å². The van der Waals surface area contributed by atoms with Crippen LogP contribution in [0.1, 0.15) is 26.3 Å². The maximum Gasteiger partial charge on any atom is 0.397 e. The van der Waals surface area contributed by atoms with E-state index < -0.39 is 23.3 Å². The van der Waals surface area contributed by atoms with E-state index in [0.29, 0.717) is 16.3 Å². The van der Waals surface area contributed by atoms with Crippen molar-refractivity contribution < 1.29 is 23.5 Å². The number of aromatic nitrogens is 2. The molecule has 0 unspecified atom stereocenters. The van der Waals surface area contributed by atoms with Gasteiger partial charge in [-0.05, 0) is 50.6 Å². The molecule has 2 aromatic carbocycles. The molecule has 3 rings (SSSR count). The van der Waals surface area contributed by atoms with Crippen molar-refractivity contribution >= 4 is 40.8 Å². The molecule has 35 heavy (non-hydrogen) atoms. The summed E-state index contributed by atoms with van der Waals surface area (Å²) in [4.78, 5) is 41.1. The number of esters is 1. The topological polar surface area (TPSA) is 112 Å². The molecule has 0 atom stereocenters. The number of benzene rings is 2. The van der Waals surface area contributed by atoms with Crippen molar-refractivity contribution in [1.29, 1.82) is 0 Å². The summed E-state index contributed by atoms with van der Waals surface area (Å²) in [5, 5.41) is 5.66. The quantitative estimate of drug-likeness (QED) is 0.352. The molecule has 0 saturated carbocycles. The van der Waals surface area contributed by atoms with Gasteiger partial charge < -0.3 is 20.1 Å². The lowest BCUT2D eigenvalue weighted by Crippen LogP contribution is -2.32. The molecule has 0 fully saturated rings. The number of hydrogen-bond donors (Lipinski definition) is 2. The molecule has 3 aromatic rings. The number of rotatable bonds is 8. The Morgan fingerprint density at radius 1 is 1.17 bits per heavy atom. The van der Waals surface area contributed by atoms with Crippen LogP contribution in [0.25, 0.3) is 0 Å². The highest BCUT2D eigenvalue weighted by atomic mass is 35.5. The average molecular weight is 503 g/mol. The van der Waals surface area contributed by atoms with Gasteiger partial charge in [0.05, 0.1) is 25.5 Å². The van der Waals surface area contributed by atoms with Crippen LogP contribution >= 0.6 is 11.6 Å². The lowest BCUT2D eigenvalue weighted by atomic mass is 10.2. The van der Waals surface area contributed by atoms with E-state index in [9.17, 15) is 18.8 Å². The van der Waals surface area contributed by atoms with Crippen LogP contribution in [-0.2, 0) is 20.9 Å². The van der Waals surface area contributed by atoms with Crippen LogP contribution in [0.3, 0.4) is 0 Å². The third-order valence-corrected chi connectivity index (χ3v) is 4.81. The molecule has 0 spiro atoms. The average Bonchev–Trinajstić information content (AvgIpc) is 2.81. The standard InChI is InChI=1S/C24H24ClFN4O5/c1-4-34-23(33)21(31)29-19-12-27-24(28-17-9-10-20(18(26)11-17)35-14(2)3)30(22(19)32)13-15-5-7-16(25)8-6-15/h5-12,14H,4,13H2,1-3H3,(H,27,28)(H,29,31). The highest BCUT2D eigenvalue weighted by Crippen LogP contribution is 2.24. The summed E-state index contributed by atoms with van der Waals surface area (Å²) in [7, 11) is 0. The van der Waals surface area contributed by atoms with E-state index in [2.05, 4.69) is 20.4 Å². The normalized spacial score (nSPS) is 10.7. The summed E-state index contributed by atoms with van der Waals surface area (Å²) in [6, 6.07) is 11.0. The number of carbonyl (C=O) groups excluding carboxylic acids is 2. The second kappa shape index (κ2) is 11.5. The van der Waals surface area contributed by atoms with Gasteiger partial charge in [-0.2, -0.15) is 0 Å². The maximum absolute atomic E-state index is 14.5. The summed E-state index contributed by atoms with van der Waals surface area (Å²) in [5.74, 6) is -2.65. The fourth-order valence-electron chi connectivity index (χ4n) is 3.02. The zero-order valence-corrected chi connectivity index (χ0v) is 20.1. The largest absolute Gasteiger partial charge is 0.488 e. The third-order valence-electron chi connectivity index (χ3n) is 4.56. The number of nitrogens with one attached hydrogen (secondary N) is 2. The SMILES string of the molecule is CCOC(=O)C(=O)Nc1cnc(Nc2ccc(OC(C)C)c(F)c2)n(Cc2ccc(Cl)cc2)c1=O. The first-order valence-electron chi connectivity index (χ1n) is 10.7. The van der Waals surface area contributed by atoms with Crippen molar-refractivity contribution in [3.63, 3.8) is 0 Å². The summed E-state index contributed by atoms with van der Waals surface area (Å²) in [6.07, 6.45) is 0.902. The van der Waals surface area contributed by atoms with Gasteiger partial charge in [0.2, 0.25) is 5.95 Å². The molecule has 9 nitrogen and oxygen atoms in total. The van der Waals surface area contributed by atoms with E-state index in [1.165, 1.54) is 16.7 Å². The zero-order valence-electron chi connectivity index (χ0n) is 19.3. The van der Waals surface area contributed by atoms with Gasteiger partial charge in [-0.3, -0.25) is 14.2 Å². The minimum absolute atomic E-state index is 0.00567. The Kier molecular flexibility index (Phi) is 8.43. The van der Waals surface area contributed by atoms with Crippen LogP contribution < -0.4 is 20.9 Å². The van der Waals surface area contributed by atoms with Gasteiger partial charge in [0.1, 0.15) is 5.69 Å². The highest BCUT2D eigenvalue weighted by molar-refractivity contribution is 6.37. The second-order valence-electron chi connectivity index (χ2n) is 7.62. The van der Waals surface area contributed by atoms with Gasteiger partial charge in [0, 0.05) is 16.8 Å². The molecule has 0 saturated heterocycles. The number of halogens is 2. The Hall–Kier alpha value is -3.92. The van der Waals surface area contributed by atoms with Gasteiger partial charge in [-0.15, -0.1) is 0 Å². The van der Waals surface area contributed by atoms with E-state index in [0.717, 1.165) is 6.20 Å². The van der Waals surface area contributed by atoms with Crippen LogP contribution in [0.15, 0.2) is 53.5 Å². The van der Waals surface area contributed by atoms with E-state index in [4.69, 9.17) is 16.3 Å². The Labute approximate surface area is 205 Å². The number of carbonyl (C=O) groups is 2. The number of ether oxygens (including phenoxy) is 2. The molecule has 1 aromatic heterocycles. The van der Waals surface area contributed by atoms with Crippen molar-refractivity contribution in [1.82, 2.24) is 9.55 Å². The predicted octanol–water partition coefficient (Wildman–Crippen LogP) is 4.12. The predicted molar refractivity (Wildman–Crippen MR) is 130 cm³/mol. The van der Waals surface area contributed by atoms with Crippen molar-refractivity contribution in [3.05, 3.63) is 75.4 Å². The van der Waals surface area contributed by atoms with Crippen molar-refractivity contribution in [2.75, 3.05) is 17.2 Å². The second-order valence-corrected chi connectivity index (χ2v) is 8.06. The molecule has 2 N–H and O–H groups in total. The summed E-state index contributed by atoms with van der Waals surface area (Å²) in [5.41, 5.74) is 0.158. The van der Waals surface area contributed by atoms with Crippen LogP contribution in [0.4, 0.5) is 21.7 Å². The summed E-state index contributed by atoms with van der Waals surface area (Å²) >= 11 is 5.95. The maximum atomic E-state index is 14.5. The van der Waals surface area contributed by atoms with E-state index >= 15 is 0 Å². The number of amides is 1. The van der Waals surface area contributed by atoms with Gasteiger partial charge >= 0.3 is 11.9 Å². The molecular formula is C24H24ClFN4O5. The van der Waals surface area contributed by atoms with Gasteiger partial charge in [0.15, 0.2) is 11.6 Å². The Balaban J connectivity index is 1.96. The molecular weight excluding hydrogens is 479 g/mol. The summed E-state index contributed by atoms with van der Waals surface area (Å²) in [6.45, 7) is 5.17. The van der Waals surface area contributed by atoms with Gasteiger partial charge in [-0.25, -0.2) is 14.2 Å². The van der Waals surface area contributed by atoms with E-state index in [-0.39, 0.29) is 36.6 Å². The first-order chi connectivity index (χ1) is 16.7. The lowest BCUT2D eigenvalue weighted by Gasteiger charge is -2.16. The first-order valence-corrected chi connectivity index (χ1v) is 11.1. The Morgan fingerprint density at radius 2 is 1.89 bits per heavy atom. The molecule has 0 aliphatic rings. The fraction of sp³-hybridized carbons (Fsp3) is 0.250. The van der Waals surface area contributed by atoms with Crippen molar-refractivity contribution in [2.24, 2.45) is 0 Å². The molecule has 0 aliphatic carbocycles. The molecule has 0 radical (unpaired) electrons. The molecule has 184 valence electrons. The van der Waals surface area contributed by atoms with Gasteiger partial charge in [0.25, 0.3) is 5.56 Å².